The van der Waals surface area contributed by atoms with Gasteiger partial charge in [-0.15, -0.1) is 0 Å². The first kappa shape index (κ1) is 45.2. The number of carbonyl (C=O) groups is 6. The molecule has 0 aromatic heterocycles. The predicted octanol–water partition coefficient (Wildman–Crippen LogP) is -5.27. The fraction of sp³-hybridized carbons (Fsp3) is 0.500. The van der Waals surface area contributed by atoms with Gasteiger partial charge in [-0.1, -0.05) is 0 Å². The second kappa shape index (κ2) is 21.2. The molecule has 0 atom stereocenters. The van der Waals surface area contributed by atoms with E-state index in [0.29, 0.717) is 0 Å². The molecule has 0 heterocycles. The van der Waals surface area contributed by atoms with E-state index in [9.17, 15) is 28.8 Å². The Morgan fingerprint density at radius 1 is 0.467 bits per heavy atom. The predicted molar refractivity (Wildman–Crippen MR) is 99.2 cm³/mol. The molecule has 0 saturated carbocycles. The van der Waals surface area contributed by atoms with Gasteiger partial charge in [0.05, 0.1) is 25.7 Å². The molecule has 0 amide bonds. The van der Waals surface area contributed by atoms with E-state index < -0.39 is 72.7 Å². The molecule has 0 aromatic carbocycles. The van der Waals surface area contributed by atoms with Crippen molar-refractivity contribution >= 4 is 190 Å². The number of hydrogen-bond acceptors (Lipinski definition) is 8. The van der Waals surface area contributed by atoms with Crippen molar-refractivity contribution in [1.82, 2.24) is 0 Å². The van der Waals surface area contributed by atoms with Gasteiger partial charge in [0.25, 0.3) is 0 Å². The van der Waals surface area contributed by atoms with Crippen molar-refractivity contribution in [3.05, 3.63) is 0 Å². The van der Waals surface area contributed by atoms with Crippen LogP contribution in [-0.2, 0) is 28.8 Å². The van der Waals surface area contributed by atoms with E-state index >= 15 is 0 Å². The minimum absolute atomic E-state index is 0. The van der Waals surface area contributed by atoms with Crippen molar-refractivity contribution in [3.63, 3.8) is 0 Å². The molecule has 162 valence electrons. The van der Waals surface area contributed by atoms with Gasteiger partial charge >= 0.3 is 190 Å². The third-order valence-electron chi connectivity index (χ3n) is 2.57. The van der Waals surface area contributed by atoms with Gasteiger partial charge in [0.1, 0.15) is 0 Å². The molecule has 0 saturated heterocycles. The Bertz CT molecular complexity index is 522. The van der Waals surface area contributed by atoms with Crippen LogP contribution < -0.4 is 0 Å². The third-order valence-corrected chi connectivity index (χ3v) is 2.57. The van der Waals surface area contributed by atoms with Gasteiger partial charge < -0.3 is 46.3 Å². The molecule has 30 heavy (non-hydrogen) atoms. The zero-order chi connectivity index (χ0) is 21.3. The van der Waals surface area contributed by atoms with Gasteiger partial charge in [-0.3, -0.25) is 19.2 Å². The first-order valence-corrected chi connectivity index (χ1v) is 6.34. The molecule has 18 heteroatoms. The maximum atomic E-state index is 10.3. The van der Waals surface area contributed by atoms with E-state index in [4.69, 9.17) is 40.9 Å². The number of rotatable bonds is 10. The zero-order valence-electron chi connectivity index (χ0n) is 13.4. The molecule has 0 radical (unpaired) electrons. The molecule has 0 spiro atoms. The second-order valence-corrected chi connectivity index (χ2v) is 4.96. The van der Waals surface area contributed by atoms with Crippen LogP contribution in [0.15, 0.2) is 0 Å². The monoisotopic (exact) mass is 522 g/mol. The van der Waals surface area contributed by atoms with Crippen LogP contribution >= 0.6 is 0 Å². The van der Waals surface area contributed by atoms with Crippen molar-refractivity contribution < 1.29 is 75.1 Å². The maximum absolute atomic E-state index is 10.3. The SMILES string of the molecule is O.O=C(O)CC(O)(CC(=O)O)C(=O)O.O=C(O)CC(O)(CC(=O)O)C(=O)O.[KH].[KH].[KH]. The van der Waals surface area contributed by atoms with Gasteiger partial charge in [0.15, 0.2) is 11.2 Å². The average Bonchev–Trinajstić information content (AvgIpc) is 2.34. The Morgan fingerprint density at radius 2 is 0.600 bits per heavy atom. The Morgan fingerprint density at radius 3 is 0.667 bits per heavy atom. The molecular weight excluding hydrogens is 501 g/mol. The first-order chi connectivity index (χ1) is 11.6. The third kappa shape index (κ3) is 21.5. The average molecular weight is 523 g/mol. The van der Waals surface area contributed by atoms with Crippen LogP contribution in [0.4, 0.5) is 0 Å². The summed E-state index contributed by atoms with van der Waals surface area (Å²) in [6.07, 6.45) is -4.58. The standard InChI is InChI=1S/2C6H8O7.3K.H2O.3H/c2*7-3(8)1-6(13,5(11)12)2-4(9)10;;;;;;;/h2*13H,1-2H2,(H,7,8)(H,9,10)(H,11,12);;;;1H2;;;. The Labute approximate surface area is 295 Å². The Kier molecular flexibility index (Phi) is 31.9. The molecule has 0 unspecified atom stereocenters. The normalized spacial score (nSPS) is 9.40. The van der Waals surface area contributed by atoms with E-state index in [2.05, 4.69) is 0 Å². The van der Waals surface area contributed by atoms with Crippen molar-refractivity contribution in [3.8, 4) is 0 Å². The summed E-state index contributed by atoms with van der Waals surface area (Å²) in [4.78, 5) is 61.0. The van der Waals surface area contributed by atoms with Crippen LogP contribution in [0.1, 0.15) is 25.7 Å². The van der Waals surface area contributed by atoms with E-state index in [-0.39, 0.29) is 160 Å². The number of carboxylic acid groups (broad SMARTS) is 6. The second-order valence-electron chi connectivity index (χ2n) is 4.96. The molecule has 0 aromatic rings. The van der Waals surface area contributed by atoms with Gasteiger partial charge in [-0.2, -0.15) is 0 Å². The topological polar surface area (TPSA) is 296 Å². The van der Waals surface area contributed by atoms with Gasteiger partial charge in [-0.25, -0.2) is 9.59 Å². The number of aliphatic carboxylic acids is 6. The van der Waals surface area contributed by atoms with Crippen molar-refractivity contribution in [2.24, 2.45) is 0 Å². The van der Waals surface area contributed by atoms with E-state index in [0.717, 1.165) is 0 Å². The van der Waals surface area contributed by atoms with E-state index in [1.165, 1.54) is 0 Å². The summed E-state index contributed by atoms with van der Waals surface area (Å²) in [5, 5.41) is 67.6. The molecule has 0 rings (SSSR count). The molecule has 0 fully saturated rings. The van der Waals surface area contributed by atoms with Crippen LogP contribution in [0.3, 0.4) is 0 Å². The van der Waals surface area contributed by atoms with Crippen LogP contribution in [0.5, 0.6) is 0 Å². The van der Waals surface area contributed by atoms with Gasteiger partial charge in [0, 0.05) is 0 Å². The molecule has 0 aliphatic heterocycles. The van der Waals surface area contributed by atoms with Crippen molar-refractivity contribution in [1.29, 1.82) is 0 Å². The van der Waals surface area contributed by atoms with Crippen molar-refractivity contribution in [2.45, 2.75) is 36.9 Å². The molecule has 0 bridgehead atoms. The summed E-state index contributed by atoms with van der Waals surface area (Å²) in [6, 6.07) is 0. The van der Waals surface area contributed by atoms with Crippen molar-refractivity contribution in [2.75, 3.05) is 0 Å². The van der Waals surface area contributed by atoms with E-state index in [1.54, 1.807) is 0 Å². The van der Waals surface area contributed by atoms with Crippen LogP contribution in [-0.4, -0.2) is 247 Å². The summed E-state index contributed by atoms with van der Waals surface area (Å²) in [5.74, 6) is -10.0. The van der Waals surface area contributed by atoms with Crippen LogP contribution in [0.25, 0.3) is 0 Å². The number of hydrogen-bond donors (Lipinski definition) is 8. The van der Waals surface area contributed by atoms with Crippen LogP contribution in [0, 0.1) is 0 Å². The molecule has 0 aliphatic rings. The summed E-state index contributed by atoms with van der Waals surface area (Å²) in [5.41, 5.74) is -5.48. The molecular formula is C12H21K3O15. The fourth-order valence-corrected chi connectivity index (χ4v) is 1.43. The van der Waals surface area contributed by atoms with Gasteiger partial charge in [0.2, 0.25) is 0 Å². The first-order valence-electron chi connectivity index (χ1n) is 6.34. The summed E-state index contributed by atoms with van der Waals surface area (Å²) >= 11 is 0. The van der Waals surface area contributed by atoms with E-state index in [1.807, 2.05) is 0 Å². The number of aliphatic hydroxyl groups is 2. The molecule has 10 N–H and O–H groups in total. The summed E-state index contributed by atoms with van der Waals surface area (Å²) in [6.45, 7) is 0. The van der Waals surface area contributed by atoms with Gasteiger partial charge in [-0.05, 0) is 0 Å². The van der Waals surface area contributed by atoms with Crippen LogP contribution in [0.2, 0.25) is 0 Å². The quantitative estimate of drug-likeness (QED) is 0.124. The number of carboxylic acids is 6. The Balaban J connectivity index is -0.0000000847. The fourth-order valence-electron chi connectivity index (χ4n) is 1.43. The minimum atomic E-state index is -2.74. The summed E-state index contributed by atoms with van der Waals surface area (Å²) < 4.78 is 0. The molecule has 15 nitrogen and oxygen atoms in total. The zero-order valence-corrected chi connectivity index (χ0v) is 13.4. The summed E-state index contributed by atoms with van der Waals surface area (Å²) in [7, 11) is 0. The Hall–Kier alpha value is 1.61. The molecule has 0 aliphatic carbocycles.